The number of rotatable bonds is 5. The summed E-state index contributed by atoms with van der Waals surface area (Å²) in [5.74, 6) is -3.35. The third-order valence-electron chi connectivity index (χ3n) is 3.57. The molecule has 0 bridgehead atoms. The van der Waals surface area contributed by atoms with Gasteiger partial charge >= 0.3 is 5.85 Å². The highest BCUT2D eigenvalue weighted by molar-refractivity contribution is 7.17. The van der Waals surface area contributed by atoms with Gasteiger partial charge in [0.15, 0.2) is 5.76 Å². The molecule has 1 unspecified atom stereocenters. The number of amides is 1. The van der Waals surface area contributed by atoms with Crippen molar-refractivity contribution < 1.29 is 22.7 Å². The van der Waals surface area contributed by atoms with Gasteiger partial charge in [0.2, 0.25) is 0 Å². The summed E-state index contributed by atoms with van der Waals surface area (Å²) in [5, 5.41) is 3.98. The van der Waals surface area contributed by atoms with Crippen LogP contribution in [0.4, 0.5) is 8.78 Å². The van der Waals surface area contributed by atoms with Crippen LogP contribution < -0.4 is 5.32 Å². The molecule has 2 aromatic rings. The zero-order chi connectivity index (χ0) is 18.0. The molecule has 1 aliphatic rings. The smallest absolute Gasteiger partial charge is 0.408 e. The Balaban J connectivity index is 1.64. The third-order valence-corrected chi connectivity index (χ3v) is 3.92. The predicted molar refractivity (Wildman–Crippen MR) is 94.7 cm³/mol. The van der Waals surface area contributed by atoms with Crippen molar-refractivity contribution in [2.24, 2.45) is 0 Å². The van der Waals surface area contributed by atoms with Gasteiger partial charge in [-0.1, -0.05) is 17.7 Å². The lowest BCUT2D eigenvalue weighted by Crippen LogP contribution is -2.25. The maximum atomic E-state index is 12.9. The first-order chi connectivity index (χ1) is 11.8. The van der Waals surface area contributed by atoms with Crippen LogP contribution in [-0.4, -0.2) is 18.3 Å². The maximum Gasteiger partial charge on any atom is 0.408 e. The molecule has 1 aromatic heterocycles. The Morgan fingerprint density at radius 3 is 2.96 bits per heavy atom. The topological polar surface area (TPSA) is 51.5 Å². The molecule has 0 radical (unpaired) electrons. The third kappa shape index (κ3) is 4.80. The zero-order valence-corrected chi connectivity index (χ0v) is 14.9. The summed E-state index contributed by atoms with van der Waals surface area (Å²) in [4.78, 5) is 12.2. The molecule has 4 nitrogen and oxygen atoms in total. The minimum Gasteiger partial charge on any atom is -0.451 e. The van der Waals surface area contributed by atoms with Gasteiger partial charge in [0.25, 0.3) is 5.91 Å². The van der Waals surface area contributed by atoms with E-state index in [1.807, 2.05) is 6.08 Å². The number of carbonyl (C=O) groups excluding carboxylic acids is 1. The van der Waals surface area contributed by atoms with Crippen molar-refractivity contribution in [2.45, 2.75) is 18.7 Å². The number of halogens is 3. The minimum atomic E-state index is -3.30. The normalized spacial score (nSPS) is 14.9. The average Bonchev–Trinajstić information content (AvgIpc) is 2.94. The van der Waals surface area contributed by atoms with Gasteiger partial charge in [-0.05, 0) is 51.6 Å². The molecular weight excluding hydrogens is 371 g/mol. The number of alkyl halides is 2. The van der Waals surface area contributed by atoms with Crippen molar-refractivity contribution >= 4 is 37.7 Å². The van der Waals surface area contributed by atoms with Crippen LogP contribution in [-0.2, 0) is 4.74 Å². The van der Waals surface area contributed by atoms with E-state index in [4.69, 9.17) is 16.0 Å². The van der Waals surface area contributed by atoms with Gasteiger partial charge in [0, 0.05) is 23.4 Å². The van der Waals surface area contributed by atoms with Crippen molar-refractivity contribution in [1.82, 2.24) is 5.32 Å². The highest BCUT2D eigenvalue weighted by Crippen LogP contribution is 2.30. The lowest BCUT2D eigenvalue weighted by atomic mass is 10.1. The molecule has 1 amide bonds. The number of carbonyl (C=O) groups is 1. The van der Waals surface area contributed by atoms with E-state index in [9.17, 15) is 13.6 Å². The molecule has 132 valence electrons. The van der Waals surface area contributed by atoms with E-state index in [2.05, 4.69) is 10.1 Å². The number of benzene rings is 1. The second-order valence-electron chi connectivity index (χ2n) is 5.57. The average molecular weight is 386 g/mol. The number of hydrogen-bond acceptors (Lipinski definition) is 3. The van der Waals surface area contributed by atoms with Gasteiger partial charge in [-0.25, -0.2) is 0 Å². The SMILES string of the molecule is O=C(NCC1=CCCC(OC(F)(F)P)=C1)c1cc2cc(Cl)ccc2o1. The molecule has 0 spiro atoms. The zero-order valence-electron chi connectivity index (χ0n) is 13.0. The van der Waals surface area contributed by atoms with Gasteiger partial charge in [-0.2, -0.15) is 8.78 Å². The molecule has 1 heterocycles. The van der Waals surface area contributed by atoms with E-state index < -0.39 is 11.8 Å². The Morgan fingerprint density at radius 2 is 2.20 bits per heavy atom. The van der Waals surface area contributed by atoms with E-state index >= 15 is 0 Å². The van der Waals surface area contributed by atoms with Crippen molar-refractivity contribution in [1.29, 1.82) is 0 Å². The Kier molecular flexibility index (Phi) is 5.11. The Morgan fingerprint density at radius 1 is 1.40 bits per heavy atom. The van der Waals surface area contributed by atoms with Crippen LogP contribution in [0.2, 0.25) is 5.02 Å². The van der Waals surface area contributed by atoms with Crippen LogP contribution in [0.5, 0.6) is 0 Å². The van der Waals surface area contributed by atoms with Gasteiger partial charge in [-0.3, -0.25) is 4.79 Å². The molecule has 0 saturated heterocycles. The second-order valence-corrected chi connectivity index (χ2v) is 6.68. The lowest BCUT2D eigenvalue weighted by molar-refractivity contribution is -0.135. The van der Waals surface area contributed by atoms with Crippen LogP contribution in [0.25, 0.3) is 11.0 Å². The molecular formula is C17H15ClF2NO3P. The first kappa shape index (κ1) is 17.9. The van der Waals surface area contributed by atoms with Crippen molar-refractivity contribution in [3.63, 3.8) is 0 Å². The molecule has 1 aliphatic carbocycles. The van der Waals surface area contributed by atoms with Crippen molar-refractivity contribution in [2.75, 3.05) is 6.54 Å². The van der Waals surface area contributed by atoms with E-state index in [0.717, 1.165) is 5.39 Å². The number of allylic oxidation sites excluding steroid dienone is 2. The molecule has 0 fully saturated rings. The molecule has 8 heteroatoms. The van der Waals surface area contributed by atoms with Crippen LogP contribution >= 0.6 is 20.8 Å². The number of hydrogen-bond donors (Lipinski definition) is 1. The maximum absolute atomic E-state index is 12.9. The summed E-state index contributed by atoms with van der Waals surface area (Å²) < 4.78 is 35.8. The van der Waals surface area contributed by atoms with Crippen LogP contribution in [0.3, 0.4) is 0 Å². The minimum absolute atomic E-state index is 0.158. The highest BCUT2D eigenvalue weighted by atomic mass is 35.5. The summed E-state index contributed by atoms with van der Waals surface area (Å²) >= 11 is 5.91. The largest absolute Gasteiger partial charge is 0.451 e. The van der Waals surface area contributed by atoms with Crippen molar-refractivity contribution in [3.8, 4) is 0 Å². The fourth-order valence-corrected chi connectivity index (χ4v) is 2.84. The summed E-state index contributed by atoms with van der Waals surface area (Å²) in [6.07, 6.45) is 4.35. The van der Waals surface area contributed by atoms with Crippen LogP contribution in [0.1, 0.15) is 23.4 Å². The predicted octanol–water partition coefficient (Wildman–Crippen LogP) is 4.86. The van der Waals surface area contributed by atoms with E-state index in [0.29, 0.717) is 29.0 Å². The first-order valence-corrected chi connectivity index (χ1v) is 8.48. The number of fused-ring (bicyclic) bond motifs is 1. The summed E-state index contributed by atoms with van der Waals surface area (Å²) in [7, 11) is 1.34. The highest BCUT2D eigenvalue weighted by Gasteiger charge is 2.25. The second kappa shape index (κ2) is 7.14. The van der Waals surface area contributed by atoms with E-state index in [1.54, 1.807) is 24.3 Å². The monoisotopic (exact) mass is 385 g/mol. The Bertz CT molecular complexity index is 870. The molecule has 1 N–H and O–H groups in total. The molecule has 0 aliphatic heterocycles. The van der Waals surface area contributed by atoms with Gasteiger partial charge in [0.05, 0.1) is 0 Å². The van der Waals surface area contributed by atoms with Gasteiger partial charge in [-0.15, -0.1) is 0 Å². The summed E-state index contributed by atoms with van der Waals surface area (Å²) in [6.45, 7) is 0.186. The number of ether oxygens (including phenoxy) is 1. The Hall–Kier alpha value is -1.91. The standard InChI is InChI=1S/C17H15ClF2NO3P/c18-12-4-5-14-11(7-12)8-15(23-14)16(22)21-9-10-2-1-3-13(6-10)24-17(19,20)25/h2,4-8H,1,3,9,25H2,(H,21,22). The fraction of sp³-hybridized carbons (Fsp3) is 0.235. The molecule has 25 heavy (non-hydrogen) atoms. The van der Waals surface area contributed by atoms with E-state index in [-0.39, 0.29) is 18.1 Å². The summed E-state index contributed by atoms with van der Waals surface area (Å²) in [5.41, 5.74) is 1.26. The molecule has 1 aromatic carbocycles. The fourth-order valence-electron chi connectivity index (χ4n) is 2.51. The molecule has 1 atom stereocenters. The first-order valence-electron chi connectivity index (χ1n) is 7.53. The quantitative estimate of drug-likeness (QED) is 0.748. The Labute approximate surface area is 150 Å². The van der Waals surface area contributed by atoms with E-state index in [1.165, 1.54) is 15.3 Å². The summed E-state index contributed by atoms with van der Waals surface area (Å²) in [6, 6.07) is 6.67. The lowest BCUT2D eigenvalue weighted by Gasteiger charge is -2.19. The number of nitrogens with one attached hydrogen (secondary N) is 1. The number of furan rings is 1. The van der Waals surface area contributed by atoms with Crippen LogP contribution in [0.15, 0.2) is 52.2 Å². The van der Waals surface area contributed by atoms with Gasteiger partial charge < -0.3 is 14.5 Å². The molecule has 0 saturated carbocycles. The molecule has 3 rings (SSSR count). The van der Waals surface area contributed by atoms with Gasteiger partial charge in [0.1, 0.15) is 11.3 Å². The van der Waals surface area contributed by atoms with Crippen molar-refractivity contribution in [3.05, 3.63) is 58.5 Å². The van der Waals surface area contributed by atoms with Crippen LogP contribution in [0, 0.1) is 0 Å².